The van der Waals surface area contributed by atoms with Crippen LogP contribution in [0.4, 0.5) is 5.82 Å². The summed E-state index contributed by atoms with van der Waals surface area (Å²) in [6.45, 7) is 5.26. The number of carboxylic acid groups (broad SMARTS) is 1. The van der Waals surface area contributed by atoms with Gasteiger partial charge in [-0.2, -0.15) is 0 Å². The summed E-state index contributed by atoms with van der Waals surface area (Å²) in [6, 6.07) is 3.37. The summed E-state index contributed by atoms with van der Waals surface area (Å²) < 4.78 is 5.13. The van der Waals surface area contributed by atoms with E-state index in [2.05, 4.69) is 9.88 Å². The first-order valence-electron chi connectivity index (χ1n) is 9.17. The zero-order valence-electron chi connectivity index (χ0n) is 15.5. The van der Waals surface area contributed by atoms with Crippen molar-refractivity contribution in [3.8, 4) is 0 Å². The SMILES string of the molecule is COCCN1CC2(CCCN(c3nc(C)ccc3C(=O)O)C2)CCC1=O. The fourth-order valence-electron chi connectivity index (χ4n) is 4.18. The molecule has 2 saturated heterocycles. The Morgan fingerprint density at radius 2 is 2.15 bits per heavy atom. The number of ether oxygens (including phenoxy) is 1. The van der Waals surface area contributed by atoms with E-state index >= 15 is 0 Å². The van der Waals surface area contributed by atoms with Crippen LogP contribution in [-0.2, 0) is 9.53 Å². The molecule has 1 atom stereocenters. The maximum atomic E-state index is 12.2. The number of nitrogens with zero attached hydrogens (tertiary/aromatic N) is 3. The van der Waals surface area contributed by atoms with Crippen LogP contribution >= 0.6 is 0 Å². The molecule has 2 aliphatic rings. The van der Waals surface area contributed by atoms with Crippen molar-refractivity contribution >= 4 is 17.7 Å². The molecular formula is C19H27N3O4. The summed E-state index contributed by atoms with van der Waals surface area (Å²) in [4.78, 5) is 32.4. The van der Waals surface area contributed by atoms with Crippen LogP contribution in [0.25, 0.3) is 0 Å². The number of aryl methyl sites for hydroxylation is 1. The van der Waals surface area contributed by atoms with E-state index in [0.29, 0.717) is 31.9 Å². The third-order valence-corrected chi connectivity index (χ3v) is 5.52. The molecule has 3 rings (SSSR count). The lowest BCUT2D eigenvalue weighted by molar-refractivity contribution is -0.138. The number of carboxylic acids is 1. The van der Waals surface area contributed by atoms with Gasteiger partial charge in [0.1, 0.15) is 11.4 Å². The molecule has 1 amide bonds. The van der Waals surface area contributed by atoms with Crippen LogP contribution in [-0.4, -0.2) is 66.8 Å². The zero-order valence-corrected chi connectivity index (χ0v) is 15.5. The second-order valence-corrected chi connectivity index (χ2v) is 7.46. The van der Waals surface area contributed by atoms with E-state index in [0.717, 1.165) is 38.0 Å². The predicted octanol–water partition coefficient (Wildman–Crippen LogP) is 1.94. The topological polar surface area (TPSA) is 83.0 Å². The number of rotatable bonds is 5. The van der Waals surface area contributed by atoms with Gasteiger partial charge in [-0.3, -0.25) is 4.79 Å². The van der Waals surface area contributed by atoms with E-state index in [1.165, 1.54) is 0 Å². The molecule has 26 heavy (non-hydrogen) atoms. The Hall–Kier alpha value is -2.15. The van der Waals surface area contributed by atoms with Gasteiger partial charge in [0.25, 0.3) is 0 Å². The summed E-state index contributed by atoms with van der Waals surface area (Å²) in [5.74, 6) is -0.214. The van der Waals surface area contributed by atoms with Gasteiger partial charge in [0.15, 0.2) is 0 Å². The number of aromatic carboxylic acids is 1. The largest absolute Gasteiger partial charge is 0.478 e. The number of methoxy groups -OCH3 is 1. The first kappa shape index (κ1) is 18.6. The first-order valence-corrected chi connectivity index (χ1v) is 9.17. The average Bonchev–Trinajstić information content (AvgIpc) is 2.62. The summed E-state index contributed by atoms with van der Waals surface area (Å²) in [5.41, 5.74) is 1.06. The van der Waals surface area contributed by atoms with E-state index in [4.69, 9.17) is 4.74 Å². The number of hydrogen-bond donors (Lipinski definition) is 1. The molecule has 0 bridgehead atoms. The summed E-state index contributed by atoms with van der Waals surface area (Å²) in [6.07, 6.45) is 3.42. The highest BCUT2D eigenvalue weighted by Gasteiger charge is 2.42. The van der Waals surface area contributed by atoms with Crippen molar-refractivity contribution in [2.45, 2.75) is 32.6 Å². The second-order valence-electron chi connectivity index (χ2n) is 7.46. The Bertz CT molecular complexity index is 693. The molecule has 0 aromatic carbocycles. The van der Waals surface area contributed by atoms with Gasteiger partial charge in [-0.1, -0.05) is 0 Å². The number of carbonyl (C=O) groups is 2. The number of pyridine rings is 1. The standard InChI is InChI=1S/C19H27N3O4/c1-14-4-5-15(18(24)25)17(20-14)22-9-3-7-19(13-22)8-6-16(23)21(12-19)10-11-26-2/h4-5H,3,6-13H2,1-2H3,(H,24,25). The molecule has 1 N–H and O–H groups in total. The van der Waals surface area contributed by atoms with E-state index in [1.54, 1.807) is 19.2 Å². The minimum Gasteiger partial charge on any atom is -0.478 e. The lowest BCUT2D eigenvalue weighted by atomic mass is 9.73. The summed E-state index contributed by atoms with van der Waals surface area (Å²) in [5, 5.41) is 9.53. The van der Waals surface area contributed by atoms with Crippen molar-refractivity contribution in [3.63, 3.8) is 0 Å². The third-order valence-electron chi connectivity index (χ3n) is 5.52. The molecule has 142 valence electrons. The third kappa shape index (κ3) is 3.82. The van der Waals surface area contributed by atoms with Crippen LogP contribution in [0.2, 0.25) is 0 Å². The number of piperidine rings is 2. The monoisotopic (exact) mass is 361 g/mol. The van der Waals surface area contributed by atoms with E-state index < -0.39 is 5.97 Å². The molecule has 7 heteroatoms. The number of amides is 1. The molecule has 0 aliphatic carbocycles. The zero-order chi connectivity index (χ0) is 18.7. The lowest BCUT2D eigenvalue weighted by Gasteiger charge is -2.48. The predicted molar refractivity (Wildman–Crippen MR) is 97.5 cm³/mol. The van der Waals surface area contributed by atoms with Crippen molar-refractivity contribution in [3.05, 3.63) is 23.4 Å². The number of hydrogen-bond acceptors (Lipinski definition) is 5. The van der Waals surface area contributed by atoms with Crippen molar-refractivity contribution in [2.24, 2.45) is 5.41 Å². The van der Waals surface area contributed by atoms with Gasteiger partial charge in [0.2, 0.25) is 5.91 Å². The maximum Gasteiger partial charge on any atom is 0.339 e. The number of likely N-dealkylation sites (tertiary alicyclic amines) is 1. The van der Waals surface area contributed by atoms with Crippen molar-refractivity contribution < 1.29 is 19.4 Å². The highest BCUT2D eigenvalue weighted by Crippen LogP contribution is 2.40. The van der Waals surface area contributed by atoms with E-state index in [9.17, 15) is 14.7 Å². The lowest BCUT2D eigenvalue weighted by Crippen LogP contribution is -2.55. The van der Waals surface area contributed by atoms with Gasteiger partial charge in [-0.05, 0) is 38.3 Å². The normalized spacial score (nSPS) is 23.5. The Labute approximate surface area is 153 Å². The highest BCUT2D eigenvalue weighted by molar-refractivity contribution is 5.93. The van der Waals surface area contributed by atoms with Gasteiger partial charge in [-0.15, -0.1) is 0 Å². The molecule has 0 saturated carbocycles. The fourth-order valence-corrected chi connectivity index (χ4v) is 4.18. The fraction of sp³-hybridized carbons (Fsp3) is 0.632. The molecule has 0 radical (unpaired) electrons. The molecule has 1 aromatic rings. The summed E-state index contributed by atoms with van der Waals surface area (Å²) >= 11 is 0. The van der Waals surface area contributed by atoms with Gasteiger partial charge >= 0.3 is 5.97 Å². The van der Waals surface area contributed by atoms with E-state index in [1.807, 2.05) is 11.8 Å². The first-order chi connectivity index (χ1) is 12.4. The molecule has 1 spiro atoms. The van der Waals surface area contributed by atoms with Gasteiger partial charge in [0.05, 0.1) is 6.61 Å². The Balaban J connectivity index is 1.82. The van der Waals surface area contributed by atoms with Crippen LogP contribution in [0.1, 0.15) is 41.7 Å². The molecule has 2 aliphatic heterocycles. The van der Waals surface area contributed by atoms with Crippen LogP contribution in [0.5, 0.6) is 0 Å². The number of anilines is 1. The smallest absolute Gasteiger partial charge is 0.339 e. The number of carbonyl (C=O) groups excluding carboxylic acids is 1. The molecule has 1 aromatic heterocycles. The van der Waals surface area contributed by atoms with Gasteiger partial charge in [0, 0.05) is 50.8 Å². The Kier molecular flexibility index (Phi) is 5.46. The number of aromatic nitrogens is 1. The minimum atomic E-state index is -0.951. The van der Waals surface area contributed by atoms with Gasteiger partial charge in [-0.25, -0.2) is 9.78 Å². The van der Waals surface area contributed by atoms with E-state index in [-0.39, 0.29) is 16.9 Å². The quantitative estimate of drug-likeness (QED) is 0.863. The Morgan fingerprint density at radius 3 is 2.88 bits per heavy atom. The minimum absolute atomic E-state index is 0.00109. The highest BCUT2D eigenvalue weighted by atomic mass is 16.5. The molecular weight excluding hydrogens is 334 g/mol. The second kappa shape index (κ2) is 7.61. The van der Waals surface area contributed by atoms with Crippen LogP contribution in [0.3, 0.4) is 0 Å². The molecule has 7 nitrogen and oxygen atoms in total. The van der Waals surface area contributed by atoms with Gasteiger partial charge < -0.3 is 19.6 Å². The van der Waals surface area contributed by atoms with Crippen LogP contribution in [0, 0.1) is 12.3 Å². The van der Waals surface area contributed by atoms with Crippen molar-refractivity contribution in [1.29, 1.82) is 0 Å². The van der Waals surface area contributed by atoms with Crippen LogP contribution < -0.4 is 4.90 Å². The van der Waals surface area contributed by atoms with Crippen LogP contribution in [0.15, 0.2) is 12.1 Å². The maximum absolute atomic E-state index is 12.2. The molecule has 2 fully saturated rings. The van der Waals surface area contributed by atoms with Crippen molar-refractivity contribution in [2.75, 3.05) is 44.8 Å². The molecule has 1 unspecified atom stereocenters. The molecule has 3 heterocycles. The Morgan fingerprint density at radius 1 is 1.35 bits per heavy atom. The average molecular weight is 361 g/mol. The summed E-state index contributed by atoms with van der Waals surface area (Å²) in [7, 11) is 1.64. The van der Waals surface area contributed by atoms with Crippen molar-refractivity contribution in [1.82, 2.24) is 9.88 Å².